The predicted octanol–water partition coefficient (Wildman–Crippen LogP) is 3.70. The zero-order chi connectivity index (χ0) is 12.3. The summed E-state index contributed by atoms with van der Waals surface area (Å²) < 4.78 is 17.7. The number of carbonyl (C=O) groups excluding carboxylic acids is 1. The molecule has 0 fully saturated rings. The lowest BCUT2D eigenvalue weighted by Crippen LogP contribution is -2.08. The molecule has 0 aromatic heterocycles. The lowest BCUT2D eigenvalue weighted by molar-refractivity contribution is 0.0734. The minimum atomic E-state index is -0.535. The van der Waals surface area contributed by atoms with Crippen molar-refractivity contribution in [2.45, 2.75) is 0 Å². The summed E-state index contributed by atoms with van der Waals surface area (Å²) in [4.78, 5) is 11.6. The molecule has 0 aliphatic heterocycles. The van der Waals surface area contributed by atoms with Gasteiger partial charge in [0.2, 0.25) is 0 Å². The van der Waals surface area contributed by atoms with Crippen molar-refractivity contribution < 1.29 is 13.9 Å². The number of carbonyl (C=O) groups is 1. The van der Waals surface area contributed by atoms with Gasteiger partial charge in [0, 0.05) is 5.02 Å². The van der Waals surface area contributed by atoms with Gasteiger partial charge in [-0.2, -0.15) is 0 Å². The van der Waals surface area contributed by atoms with Gasteiger partial charge in [-0.05, 0) is 48.5 Å². The highest BCUT2D eigenvalue weighted by Crippen LogP contribution is 2.17. The summed E-state index contributed by atoms with van der Waals surface area (Å²) in [6, 6.07) is 11.6. The zero-order valence-electron chi connectivity index (χ0n) is 8.69. The first kappa shape index (κ1) is 11.6. The Labute approximate surface area is 103 Å². The normalized spacial score (nSPS) is 10.0. The average molecular weight is 251 g/mol. The van der Waals surface area contributed by atoms with Crippen molar-refractivity contribution in [2.75, 3.05) is 0 Å². The van der Waals surface area contributed by atoms with Crippen LogP contribution in [-0.4, -0.2) is 5.97 Å². The molecule has 0 saturated carbocycles. The van der Waals surface area contributed by atoms with Crippen LogP contribution < -0.4 is 4.74 Å². The fourth-order valence-electron chi connectivity index (χ4n) is 1.25. The Kier molecular flexibility index (Phi) is 3.40. The molecule has 0 saturated heterocycles. The number of rotatable bonds is 2. The molecule has 0 N–H and O–H groups in total. The van der Waals surface area contributed by atoms with Crippen LogP contribution in [0.15, 0.2) is 48.5 Å². The molecule has 0 aliphatic carbocycles. The Balaban J connectivity index is 2.11. The minimum absolute atomic E-state index is 0.293. The van der Waals surface area contributed by atoms with Crippen LogP contribution in [0.3, 0.4) is 0 Å². The summed E-state index contributed by atoms with van der Waals surface area (Å²) in [7, 11) is 0. The Morgan fingerprint density at radius 2 is 1.59 bits per heavy atom. The minimum Gasteiger partial charge on any atom is -0.423 e. The van der Waals surface area contributed by atoms with Crippen LogP contribution in [0, 0.1) is 5.82 Å². The average Bonchev–Trinajstić information content (AvgIpc) is 2.33. The van der Waals surface area contributed by atoms with E-state index in [0.717, 1.165) is 0 Å². The number of hydrogen-bond acceptors (Lipinski definition) is 2. The Morgan fingerprint density at radius 1 is 1.00 bits per heavy atom. The number of hydrogen-bond donors (Lipinski definition) is 0. The van der Waals surface area contributed by atoms with Crippen molar-refractivity contribution >= 4 is 17.6 Å². The summed E-state index contributed by atoms with van der Waals surface area (Å²) in [5.41, 5.74) is 0.293. The predicted molar refractivity (Wildman–Crippen MR) is 62.8 cm³/mol. The van der Waals surface area contributed by atoms with Crippen molar-refractivity contribution in [1.29, 1.82) is 0 Å². The lowest BCUT2D eigenvalue weighted by atomic mass is 10.2. The second kappa shape index (κ2) is 4.97. The smallest absolute Gasteiger partial charge is 0.343 e. The summed E-state index contributed by atoms with van der Waals surface area (Å²) in [5, 5.41) is 0.562. The maximum Gasteiger partial charge on any atom is 0.343 e. The first-order valence-electron chi connectivity index (χ1n) is 4.88. The van der Waals surface area contributed by atoms with E-state index in [1.54, 1.807) is 24.3 Å². The molecular weight excluding hydrogens is 243 g/mol. The third-order valence-electron chi connectivity index (χ3n) is 2.10. The molecule has 0 aliphatic rings. The molecule has 0 radical (unpaired) electrons. The molecule has 0 spiro atoms. The molecule has 0 amide bonds. The van der Waals surface area contributed by atoms with Crippen LogP contribution in [0.4, 0.5) is 4.39 Å². The Hall–Kier alpha value is -1.87. The Bertz CT molecular complexity index is 520. The molecule has 0 bridgehead atoms. The molecule has 0 heterocycles. The second-order valence-electron chi connectivity index (χ2n) is 3.35. The van der Waals surface area contributed by atoms with Crippen LogP contribution in [0.1, 0.15) is 10.4 Å². The Morgan fingerprint density at radius 3 is 2.18 bits per heavy atom. The summed E-state index contributed by atoms with van der Waals surface area (Å²) >= 11 is 5.70. The van der Waals surface area contributed by atoms with Crippen molar-refractivity contribution in [3.8, 4) is 5.75 Å². The number of benzene rings is 2. The van der Waals surface area contributed by atoms with Crippen molar-refractivity contribution in [3.63, 3.8) is 0 Å². The molecule has 2 nitrogen and oxygen atoms in total. The lowest BCUT2D eigenvalue weighted by Gasteiger charge is -2.04. The monoisotopic (exact) mass is 250 g/mol. The van der Waals surface area contributed by atoms with Crippen LogP contribution in [0.2, 0.25) is 5.02 Å². The molecule has 0 atom stereocenters. The molecule has 0 unspecified atom stereocenters. The first-order valence-corrected chi connectivity index (χ1v) is 5.26. The topological polar surface area (TPSA) is 26.3 Å². The van der Waals surface area contributed by atoms with Crippen LogP contribution in [0.25, 0.3) is 0 Å². The van der Waals surface area contributed by atoms with Gasteiger partial charge in [-0.15, -0.1) is 0 Å². The zero-order valence-corrected chi connectivity index (χ0v) is 9.45. The standard InChI is InChI=1S/C13H8ClFO2/c14-10-3-7-12(8-4-10)17-13(16)9-1-5-11(15)6-2-9/h1-8H. The van der Waals surface area contributed by atoms with E-state index in [4.69, 9.17) is 16.3 Å². The molecular formula is C13H8ClFO2. The summed E-state index contributed by atoms with van der Waals surface area (Å²) in [6.07, 6.45) is 0. The molecule has 2 rings (SSSR count). The molecule has 86 valence electrons. The maximum absolute atomic E-state index is 12.7. The van der Waals surface area contributed by atoms with Gasteiger partial charge < -0.3 is 4.74 Å². The molecule has 2 aromatic rings. The fraction of sp³-hybridized carbons (Fsp3) is 0. The van der Waals surface area contributed by atoms with E-state index in [1.807, 2.05) is 0 Å². The van der Waals surface area contributed by atoms with Gasteiger partial charge >= 0.3 is 5.97 Å². The largest absolute Gasteiger partial charge is 0.423 e. The van der Waals surface area contributed by atoms with E-state index in [9.17, 15) is 9.18 Å². The van der Waals surface area contributed by atoms with E-state index in [-0.39, 0.29) is 0 Å². The third-order valence-corrected chi connectivity index (χ3v) is 2.36. The van der Waals surface area contributed by atoms with Crippen LogP contribution in [-0.2, 0) is 0 Å². The maximum atomic E-state index is 12.7. The van der Waals surface area contributed by atoms with E-state index >= 15 is 0 Å². The highest BCUT2D eigenvalue weighted by Gasteiger charge is 2.08. The van der Waals surface area contributed by atoms with E-state index < -0.39 is 11.8 Å². The second-order valence-corrected chi connectivity index (χ2v) is 3.79. The van der Waals surface area contributed by atoms with E-state index in [1.165, 1.54) is 24.3 Å². The van der Waals surface area contributed by atoms with Crippen molar-refractivity contribution in [3.05, 3.63) is 64.9 Å². The molecule has 17 heavy (non-hydrogen) atoms. The van der Waals surface area contributed by atoms with E-state index in [0.29, 0.717) is 16.3 Å². The number of halogens is 2. The molecule has 4 heteroatoms. The van der Waals surface area contributed by atoms with Gasteiger partial charge in [-0.25, -0.2) is 9.18 Å². The van der Waals surface area contributed by atoms with Crippen molar-refractivity contribution in [1.82, 2.24) is 0 Å². The van der Waals surface area contributed by atoms with Gasteiger partial charge in [-0.3, -0.25) is 0 Å². The summed E-state index contributed by atoms with van der Waals surface area (Å²) in [5.74, 6) is -0.538. The summed E-state index contributed by atoms with van der Waals surface area (Å²) in [6.45, 7) is 0. The quantitative estimate of drug-likeness (QED) is 0.600. The molecule has 2 aromatic carbocycles. The number of ether oxygens (including phenoxy) is 1. The van der Waals surface area contributed by atoms with Gasteiger partial charge in [0.1, 0.15) is 11.6 Å². The van der Waals surface area contributed by atoms with Gasteiger partial charge in [0.15, 0.2) is 0 Å². The highest BCUT2D eigenvalue weighted by atomic mass is 35.5. The van der Waals surface area contributed by atoms with Crippen LogP contribution >= 0.6 is 11.6 Å². The highest BCUT2D eigenvalue weighted by molar-refractivity contribution is 6.30. The van der Waals surface area contributed by atoms with Gasteiger partial charge in [-0.1, -0.05) is 11.6 Å². The van der Waals surface area contributed by atoms with E-state index in [2.05, 4.69) is 0 Å². The number of esters is 1. The van der Waals surface area contributed by atoms with Crippen LogP contribution in [0.5, 0.6) is 5.75 Å². The SMILES string of the molecule is O=C(Oc1ccc(Cl)cc1)c1ccc(F)cc1. The van der Waals surface area contributed by atoms with Crippen molar-refractivity contribution in [2.24, 2.45) is 0 Å². The van der Waals surface area contributed by atoms with Gasteiger partial charge in [0.05, 0.1) is 5.56 Å². The first-order chi connectivity index (χ1) is 8.15. The third kappa shape index (κ3) is 3.04. The van der Waals surface area contributed by atoms with Gasteiger partial charge in [0.25, 0.3) is 0 Å². The fourth-order valence-corrected chi connectivity index (χ4v) is 1.38.